The van der Waals surface area contributed by atoms with Crippen molar-refractivity contribution in [1.29, 1.82) is 5.26 Å². The molecule has 2 fully saturated rings. The van der Waals surface area contributed by atoms with Crippen LogP contribution in [0.3, 0.4) is 0 Å². The number of likely N-dealkylation sites (tertiary alicyclic amines) is 1. The molecule has 0 spiro atoms. The number of carbonyl (C=O) groups excluding carboxylic acids is 2. The van der Waals surface area contributed by atoms with Gasteiger partial charge in [0.2, 0.25) is 0 Å². The van der Waals surface area contributed by atoms with Gasteiger partial charge >= 0.3 is 6.03 Å². The fourth-order valence-corrected chi connectivity index (χ4v) is 5.22. The first-order valence-corrected chi connectivity index (χ1v) is 10.7. The second-order valence-electron chi connectivity index (χ2n) is 8.39. The van der Waals surface area contributed by atoms with Crippen LogP contribution < -0.4 is 20.4 Å². The first-order chi connectivity index (χ1) is 14.9. The molecule has 0 saturated carbocycles. The van der Waals surface area contributed by atoms with E-state index in [2.05, 4.69) is 18.3 Å². The highest BCUT2D eigenvalue weighted by Crippen LogP contribution is 2.43. The van der Waals surface area contributed by atoms with Gasteiger partial charge in [0.05, 0.1) is 6.54 Å². The zero-order valence-electron chi connectivity index (χ0n) is 17.3. The van der Waals surface area contributed by atoms with Crippen molar-refractivity contribution in [2.75, 3.05) is 31.1 Å². The molecule has 2 heterocycles. The number of quaternary nitrogens is 1. The second kappa shape index (κ2) is 8.22. The summed E-state index contributed by atoms with van der Waals surface area (Å²) in [6.07, 6.45) is 0.629. The second-order valence-corrected chi connectivity index (χ2v) is 8.80. The van der Waals surface area contributed by atoms with Gasteiger partial charge in [-0.25, -0.2) is 4.79 Å². The lowest BCUT2D eigenvalue weighted by molar-refractivity contribution is -0.121. The normalized spacial score (nSPS) is 25.3. The third kappa shape index (κ3) is 3.73. The molecule has 0 aliphatic carbocycles. The van der Waals surface area contributed by atoms with Crippen LogP contribution in [0.15, 0.2) is 42.5 Å². The molecule has 0 radical (unpaired) electrons. The van der Waals surface area contributed by atoms with E-state index in [0.717, 1.165) is 22.5 Å². The molecule has 0 aromatic heterocycles. The first kappa shape index (κ1) is 21.2. The monoisotopic (exact) mass is 438 g/mol. The molecule has 31 heavy (non-hydrogen) atoms. The minimum absolute atomic E-state index is 0.0925. The fourth-order valence-electron chi connectivity index (χ4n) is 4.94. The topological polar surface area (TPSA) is 99.2 Å². The van der Waals surface area contributed by atoms with Crippen LogP contribution in [0, 0.1) is 17.2 Å². The standard InChI is InChI=1S/C23H24ClN5O2/c1-15-12-21(22(26)30)29(14-15,11-8-25)20-13-17(4-7-19(20)24)16-2-5-18(6-3-16)28-10-9-27-23(28)31/h2-7,13,15,21H,9-12,14H2,1H3,(H2-,26,27,30,31)/p+1/t15-,21-,29?/m0/s1. The highest BCUT2D eigenvalue weighted by Gasteiger charge is 2.51. The van der Waals surface area contributed by atoms with Crippen LogP contribution in [0.25, 0.3) is 11.1 Å². The van der Waals surface area contributed by atoms with Gasteiger partial charge in [0.1, 0.15) is 11.1 Å². The number of nitrogens with one attached hydrogen (secondary N) is 1. The summed E-state index contributed by atoms with van der Waals surface area (Å²) in [7, 11) is 0. The van der Waals surface area contributed by atoms with Crippen molar-refractivity contribution in [2.24, 2.45) is 11.7 Å². The molecule has 2 saturated heterocycles. The van der Waals surface area contributed by atoms with E-state index in [1.54, 1.807) is 4.90 Å². The Balaban J connectivity index is 1.74. The SMILES string of the molecule is C[C@H]1C[C@@H](C(N)=O)[N+](CC#N)(c2cc(-c3ccc(N4CCNC4=O)cc3)ccc2Cl)C1. The van der Waals surface area contributed by atoms with E-state index in [0.29, 0.717) is 31.1 Å². The highest BCUT2D eigenvalue weighted by atomic mass is 35.5. The lowest BCUT2D eigenvalue weighted by atomic mass is 10.0. The molecule has 0 bridgehead atoms. The van der Waals surface area contributed by atoms with E-state index in [1.165, 1.54) is 0 Å². The number of halogens is 1. The molecule has 2 aliphatic rings. The number of hydrogen-bond donors (Lipinski definition) is 2. The van der Waals surface area contributed by atoms with Gasteiger partial charge in [0, 0.05) is 37.2 Å². The summed E-state index contributed by atoms with van der Waals surface area (Å²) in [4.78, 5) is 25.9. The molecule has 3 atom stereocenters. The van der Waals surface area contributed by atoms with Gasteiger partial charge < -0.3 is 11.1 Å². The predicted molar refractivity (Wildman–Crippen MR) is 122 cm³/mol. The number of rotatable bonds is 5. The van der Waals surface area contributed by atoms with Crippen LogP contribution in [-0.2, 0) is 4.79 Å². The lowest BCUT2D eigenvalue weighted by Gasteiger charge is -2.37. The number of nitrogens with zero attached hydrogens (tertiary/aromatic N) is 3. The Labute approximate surface area is 186 Å². The number of benzene rings is 2. The molecule has 3 amide bonds. The number of nitrogens with two attached hydrogens (primary N) is 1. The Morgan fingerprint density at radius 3 is 2.61 bits per heavy atom. The van der Waals surface area contributed by atoms with E-state index in [4.69, 9.17) is 17.3 Å². The number of hydrogen-bond acceptors (Lipinski definition) is 3. The Bertz CT molecular complexity index is 1060. The van der Waals surface area contributed by atoms with E-state index in [9.17, 15) is 14.9 Å². The number of amides is 3. The Morgan fingerprint density at radius 1 is 1.29 bits per heavy atom. The van der Waals surface area contributed by atoms with Crippen LogP contribution in [0.4, 0.5) is 16.2 Å². The third-order valence-electron chi connectivity index (χ3n) is 6.34. The maximum atomic E-state index is 12.3. The maximum Gasteiger partial charge on any atom is 0.321 e. The summed E-state index contributed by atoms with van der Waals surface area (Å²) in [6, 6.07) is 15.1. The molecule has 4 rings (SSSR count). The van der Waals surface area contributed by atoms with Crippen molar-refractivity contribution in [1.82, 2.24) is 9.80 Å². The van der Waals surface area contributed by atoms with Crippen molar-refractivity contribution < 1.29 is 9.59 Å². The van der Waals surface area contributed by atoms with Gasteiger partial charge in [0.15, 0.2) is 18.3 Å². The van der Waals surface area contributed by atoms with Gasteiger partial charge in [-0.1, -0.05) is 36.7 Å². The molecule has 2 aliphatic heterocycles. The molecule has 160 valence electrons. The number of urea groups is 1. The molecule has 1 unspecified atom stereocenters. The van der Waals surface area contributed by atoms with Crippen molar-refractivity contribution in [3.8, 4) is 17.2 Å². The lowest BCUT2D eigenvalue weighted by Crippen LogP contribution is -2.58. The van der Waals surface area contributed by atoms with Crippen LogP contribution >= 0.6 is 11.6 Å². The molecule has 7 nitrogen and oxygen atoms in total. The molecule has 2 aromatic carbocycles. The largest absolute Gasteiger partial charge is 0.364 e. The van der Waals surface area contributed by atoms with E-state index < -0.39 is 11.9 Å². The summed E-state index contributed by atoms with van der Waals surface area (Å²) >= 11 is 6.61. The Kier molecular flexibility index (Phi) is 5.61. The minimum atomic E-state index is -0.488. The number of primary amides is 1. The van der Waals surface area contributed by atoms with Crippen LogP contribution in [0.2, 0.25) is 5.02 Å². The molecule has 8 heteroatoms. The summed E-state index contributed by atoms with van der Waals surface area (Å²) < 4.78 is 0.158. The Morgan fingerprint density at radius 2 is 2.00 bits per heavy atom. The maximum absolute atomic E-state index is 12.3. The smallest absolute Gasteiger partial charge is 0.321 e. The van der Waals surface area contributed by atoms with E-state index in [-0.39, 0.29) is 23.0 Å². The molecule has 3 N–H and O–H groups in total. The summed E-state index contributed by atoms with van der Waals surface area (Å²) in [5.41, 5.74) is 9.21. The number of nitriles is 1. The first-order valence-electron chi connectivity index (χ1n) is 10.3. The zero-order valence-corrected chi connectivity index (χ0v) is 18.1. The zero-order chi connectivity index (χ0) is 22.2. The summed E-state index contributed by atoms with van der Waals surface area (Å²) in [5, 5.41) is 12.9. The quantitative estimate of drug-likeness (QED) is 0.553. The number of carbonyl (C=O) groups is 2. The van der Waals surface area contributed by atoms with Crippen molar-refractivity contribution in [2.45, 2.75) is 19.4 Å². The fraction of sp³-hybridized carbons (Fsp3) is 0.348. The van der Waals surface area contributed by atoms with E-state index in [1.807, 2.05) is 42.5 Å². The predicted octanol–water partition coefficient (Wildman–Crippen LogP) is 3.26. The summed E-state index contributed by atoms with van der Waals surface area (Å²) in [5.74, 6) is -0.161. The van der Waals surface area contributed by atoms with Crippen LogP contribution in [0.1, 0.15) is 13.3 Å². The van der Waals surface area contributed by atoms with Crippen LogP contribution in [0.5, 0.6) is 0 Å². The molecular formula is C23H25ClN5O2+. The summed E-state index contributed by atoms with van der Waals surface area (Å²) in [6.45, 7) is 4.11. The highest BCUT2D eigenvalue weighted by molar-refractivity contribution is 6.33. The van der Waals surface area contributed by atoms with Gasteiger partial charge in [-0.2, -0.15) is 5.26 Å². The van der Waals surface area contributed by atoms with E-state index >= 15 is 0 Å². The average molecular weight is 439 g/mol. The third-order valence-corrected chi connectivity index (χ3v) is 6.66. The van der Waals surface area contributed by atoms with Crippen LogP contribution in [-0.4, -0.2) is 44.2 Å². The Hall–Kier alpha value is -3.08. The number of anilines is 1. The van der Waals surface area contributed by atoms with Gasteiger partial charge in [-0.15, -0.1) is 0 Å². The van der Waals surface area contributed by atoms with Gasteiger partial charge in [0.25, 0.3) is 5.91 Å². The van der Waals surface area contributed by atoms with Gasteiger partial charge in [-0.3, -0.25) is 14.2 Å². The van der Waals surface area contributed by atoms with Crippen molar-refractivity contribution >= 4 is 34.9 Å². The minimum Gasteiger partial charge on any atom is -0.364 e. The van der Waals surface area contributed by atoms with Gasteiger partial charge in [-0.05, 0) is 29.3 Å². The van der Waals surface area contributed by atoms with Crippen molar-refractivity contribution in [3.63, 3.8) is 0 Å². The molecule has 2 aromatic rings. The average Bonchev–Trinajstić information content (AvgIpc) is 3.32. The van der Waals surface area contributed by atoms with Crippen molar-refractivity contribution in [3.05, 3.63) is 47.5 Å². The molecular weight excluding hydrogens is 414 g/mol.